The molecule has 1 aliphatic rings. The number of carbonyl (C=O) groups excluding carboxylic acids is 2. The number of nitrogens with one attached hydrogen (secondary N) is 1. The van der Waals surface area contributed by atoms with E-state index in [1.165, 1.54) is 24.3 Å². The molecule has 34 heavy (non-hydrogen) atoms. The molecule has 1 saturated heterocycles. The van der Waals surface area contributed by atoms with E-state index in [0.29, 0.717) is 40.3 Å². The SMILES string of the molecule is CC(C)NC(=O)c1ccc2c(=O)n(C[C@H]3CCCO3)c(SCC(=O)c3ccc(F)cc3)nc2c1. The zero-order valence-electron chi connectivity index (χ0n) is 19.0. The molecule has 1 aromatic heterocycles. The average Bonchev–Trinajstić information content (AvgIpc) is 3.32. The van der Waals surface area contributed by atoms with Crippen LogP contribution in [0, 0.1) is 5.82 Å². The standard InChI is InChI=1S/C25H26FN3O4S/c1-15(2)27-23(31)17-7-10-20-21(12-17)28-25(29(24(20)32)13-19-4-3-11-33-19)34-14-22(30)16-5-8-18(26)9-6-16/h5-10,12,15,19H,3-4,11,13-14H2,1-2H3,(H,27,31)/t19-/m1/s1. The van der Waals surface area contributed by atoms with Crippen molar-refractivity contribution in [2.45, 2.75) is 50.5 Å². The number of aromatic nitrogens is 2. The zero-order valence-corrected chi connectivity index (χ0v) is 19.9. The highest BCUT2D eigenvalue weighted by Gasteiger charge is 2.21. The number of nitrogens with zero attached hydrogens (tertiary/aromatic N) is 2. The Hall–Kier alpha value is -3.04. The predicted molar refractivity (Wildman–Crippen MR) is 129 cm³/mol. The number of Topliss-reactive ketones (excluding diaryl/α,β-unsaturated/α-hetero) is 1. The number of fused-ring (bicyclic) bond motifs is 1. The molecule has 1 N–H and O–H groups in total. The summed E-state index contributed by atoms with van der Waals surface area (Å²) in [6.45, 7) is 4.73. The monoisotopic (exact) mass is 483 g/mol. The Balaban J connectivity index is 1.68. The number of halogens is 1. The van der Waals surface area contributed by atoms with Gasteiger partial charge in [0.15, 0.2) is 10.9 Å². The number of carbonyl (C=O) groups is 2. The summed E-state index contributed by atoms with van der Waals surface area (Å²) in [7, 11) is 0. The first-order valence-electron chi connectivity index (χ1n) is 11.2. The van der Waals surface area contributed by atoms with Crippen LogP contribution in [0.5, 0.6) is 0 Å². The summed E-state index contributed by atoms with van der Waals surface area (Å²) in [5, 5.41) is 3.61. The third-order valence-corrected chi connectivity index (χ3v) is 6.49. The minimum absolute atomic E-state index is 0.0286. The molecule has 0 saturated carbocycles. The summed E-state index contributed by atoms with van der Waals surface area (Å²) in [6.07, 6.45) is 1.68. The highest BCUT2D eigenvalue weighted by atomic mass is 32.2. The molecule has 2 aromatic carbocycles. The van der Waals surface area contributed by atoms with Crippen molar-refractivity contribution in [3.63, 3.8) is 0 Å². The van der Waals surface area contributed by atoms with Crippen LogP contribution in [0.15, 0.2) is 52.4 Å². The van der Waals surface area contributed by atoms with Gasteiger partial charge in [-0.2, -0.15) is 0 Å². The Kier molecular flexibility index (Phi) is 7.43. The van der Waals surface area contributed by atoms with E-state index in [0.717, 1.165) is 24.6 Å². The summed E-state index contributed by atoms with van der Waals surface area (Å²) < 4.78 is 20.5. The van der Waals surface area contributed by atoms with Crippen molar-refractivity contribution in [3.05, 3.63) is 69.8 Å². The topological polar surface area (TPSA) is 90.3 Å². The molecule has 0 unspecified atom stereocenters. The number of hydrogen-bond donors (Lipinski definition) is 1. The Morgan fingerprint density at radius 3 is 2.62 bits per heavy atom. The first-order chi connectivity index (χ1) is 16.3. The molecule has 9 heteroatoms. The van der Waals surface area contributed by atoms with E-state index in [4.69, 9.17) is 4.74 Å². The van der Waals surface area contributed by atoms with Gasteiger partial charge in [0.2, 0.25) is 0 Å². The summed E-state index contributed by atoms with van der Waals surface area (Å²) in [6, 6.07) is 10.1. The summed E-state index contributed by atoms with van der Waals surface area (Å²) in [4.78, 5) is 43.1. The Morgan fingerprint density at radius 1 is 1.21 bits per heavy atom. The van der Waals surface area contributed by atoms with Crippen LogP contribution in [-0.4, -0.2) is 45.7 Å². The highest BCUT2D eigenvalue weighted by molar-refractivity contribution is 7.99. The molecule has 0 spiro atoms. The van der Waals surface area contributed by atoms with Crippen LogP contribution in [0.2, 0.25) is 0 Å². The molecule has 0 aliphatic carbocycles. The summed E-state index contributed by atoms with van der Waals surface area (Å²) in [5.74, 6) is -0.832. The molecule has 2 heterocycles. The molecule has 3 aromatic rings. The van der Waals surface area contributed by atoms with Gasteiger partial charge in [-0.3, -0.25) is 19.0 Å². The number of rotatable bonds is 8. The van der Waals surface area contributed by atoms with Gasteiger partial charge in [-0.1, -0.05) is 11.8 Å². The van der Waals surface area contributed by atoms with E-state index in [2.05, 4.69) is 10.3 Å². The van der Waals surface area contributed by atoms with E-state index in [-0.39, 0.29) is 35.1 Å². The van der Waals surface area contributed by atoms with Crippen molar-refractivity contribution < 1.29 is 18.7 Å². The van der Waals surface area contributed by atoms with Gasteiger partial charge in [0, 0.05) is 23.8 Å². The van der Waals surface area contributed by atoms with Crippen LogP contribution in [0.25, 0.3) is 10.9 Å². The molecule has 7 nitrogen and oxygen atoms in total. The summed E-state index contributed by atoms with van der Waals surface area (Å²) >= 11 is 1.14. The smallest absolute Gasteiger partial charge is 0.262 e. The van der Waals surface area contributed by atoms with Crippen molar-refractivity contribution in [1.29, 1.82) is 0 Å². The molecule has 1 atom stereocenters. The number of benzene rings is 2. The van der Waals surface area contributed by atoms with Crippen LogP contribution >= 0.6 is 11.8 Å². The number of thioether (sulfide) groups is 1. The van der Waals surface area contributed by atoms with Crippen molar-refractivity contribution >= 4 is 34.4 Å². The van der Waals surface area contributed by atoms with Gasteiger partial charge in [-0.15, -0.1) is 0 Å². The quantitative estimate of drug-likeness (QED) is 0.298. The minimum Gasteiger partial charge on any atom is -0.376 e. The van der Waals surface area contributed by atoms with Crippen LogP contribution < -0.4 is 10.9 Å². The molecule has 0 bridgehead atoms. The lowest BCUT2D eigenvalue weighted by Gasteiger charge is -2.17. The van der Waals surface area contributed by atoms with Crippen molar-refractivity contribution in [3.8, 4) is 0 Å². The maximum absolute atomic E-state index is 13.4. The number of amides is 1. The molecular formula is C25H26FN3O4S. The molecule has 1 amide bonds. The van der Waals surface area contributed by atoms with Crippen LogP contribution in [-0.2, 0) is 11.3 Å². The van der Waals surface area contributed by atoms with Gasteiger partial charge in [-0.25, -0.2) is 9.37 Å². The maximum Gasteiger partial charge on any atom is 0.262 e. The number of ether oxygens (including phenoxy) is 1. The van der Waals surface area contributed by atoms with E-state index in [9.17, 15) is 18.8 Å². The van der Waals surface area contributed by atoms with E-state index < -0.39 is 5.82 Å². The van der Waals surface area contributed by atoms with E-state index in [1.54, 1.807) is 22.8 Å². The second kappa shape index (κ2) is 10.5. The normalized spacial score (nSPS) is 15.7. The van der Waals surface area contributed by atoms with Crippen LogP contribution in [0.4, 0.5) is 4.39 Å². The van der Waals surface area contributed by atoms with E-state index >= 15 is 0 Å². The fourth-order valence-electron chi connectivity index (χ4n) is 3.80. The molecule has 1 aliphatic heterocycles. The first-order valence-corrected chi connectivity index (χ1v) is 12.2. The molecule has 1 fully saturated rings. The minimum atomic E-state index is -0.414. The average molecular weight is 484 g/mol. The molecule has 178 valence electrons. The lowest BCUT2D eigenvalue weighted by molar-refractivity contribution is 0.0936. The van der Waals surface area contributed by atoms with Gasteiger partial charge in [0.05, 0.1) is 29.3 Å². The van der Waals surface area contributed by atoms with Crippen LogP contribution in [0.1, 0.15) is 47.4 Å². The second-order valence-electron chi connectivity index (χ2n) is 8.52. The van der Waals surface area contributed by atoms with Gasteiger partial charge >= 0.3 is 0 Å². The van der Waals surface area contributed by atoms with Crippen molar-refractivity contribution in [2.75, 3.05) is 12.4 Å². The number of ketones is 1. The van der Waals surface area contributed by atoms with E-state index in [1.807, 2.05) is 13.8 Å². The Morgan fingerprint density at radius 2 is 1.94 bits per heavy atom. The van der Waals surface area contributed by atoms with Gasteiger partial charge < -0.3 is 10.1 Å². The third kappa shape index (κ3) is 5.53. The molecule has 4 rings (SSSR count). The Labute approximate surface area is 200 Å². The fraction of sp³-hybridized carbons (Fsp3) is 0.360. The van der Waals surface area contributed by atoms with Gasteiger partial charge in [0.1, 0.15) is 5.82 Å². The zero-order chi connectivity index (χ0) is 24.2. The molecular weight excluding hydrogens is 457 g/mol. The van der Waals surface area contributed by atoms with Gasteiger partial charge in [-0.05, 0) is 69.2 Å². The lowest BCUT2D eigenvalue weighted by Crippen LogP contribution is -2.31. The van der Waals surface area contributed by atoms with Crippen LogP contribution in [0.3, 0.4) is 0 Å². The predicted octanol–water partition coefficient (Wildman–Crippen LogP) is 3.83. The van der Waals surface area contributed by atoms with Crippen molar-refractivity contribution in [1.82, 2.24) is 14.9 Å². The third-order valence-electron chi connectivity index (χ3n) is 5.51. The fourth-order valence-corrected chi connectivity index (χ4v) is 4.70. The Bertz CT molecular complexity index is 1270. The second-order valence-corrected chi connectivity index (χ2v) is 9.47. The first kappa shape index (κ1) is 24.1. The lowest BCUT2D eigenvalue weighted by atomic mass is 10.1. The highest BCUT2D eigenvalue weighted by Crippen LogP contribution is 2.23. The molecule has 0 radical (unpaired) electrons. The van der Waals surface area contributed by atoms with Gasteiger partial charge in [0.25, 0.3) is 11.5 Å². The number of hydrogen-bond acceptors (Lipinski definition) is 6. The van der Waals surface area contributed by atoms with Crippen molar-refractivity contribution in [2.24, 2.45) is 0 Å². The summed E-state index contributed by atoms with van der Waals surface area (Å²) in [5.41, 5.74) is 0.938. The largest absolute Gasteiger partial charge is 0.376 e. The maximum atomic E-state index is 13.4.